The number of imide groups is 1. The number of ketones is 1. The third-order valence-electron chi connectivity index (χ3n) is 8.33. The van der Waals surface area contributed by atoms with Gasteiger partial charge in [-0.05, 0) is 73.0 Å². The SMILES string of the molecule is CC1C=CCC2C(=O)N(c3ccc(-c4cc(C(=O)OC(CCCl)C(=O)c5ccc(Cl)cc5)c5cc(Cl)ccc5n4)cc3)C(=O)C12. The van der Waals surface area contributed by atoms with Crippen LogP contribution in [0.1, 0.15) is 40.5 Å². The minimum Gasteiger partial charge on any atom is -0.450 e. The van der Waals surface area contributed by atoms with Crippen LogP contribution in [0.4, 0.5) is 5.69 Å². The van der Waals surface area contributed by atoms with Crippen molar-refractivity contribution in [2.45, 2.75) is 25.9 Å². The number of benzene rings is 3. The van der Waals surface area contributed by atoms with E-state index in [-0.39, 0.29) is 47.4 Å². The number of rotatable bonds is 8. The zero-order chi connectivity index (χ0) is 31.8. The van der Waals surface area contributed by atoms with Gasteiger partial charge in [0, 0.05) is 38.9 Å². The Morgan fingerprint density at radius 1 is 0.956 bits per heavy atom. The summed E-state index contributed by atoms with van der Waals surface area (Å²) in [5, 5.41) is 1.33. The predicted octanol–water partition coefficient (Wildman–Crippen LogP) is 7.95. The Bertz CT molecular complexity index is 1860. The minimum atomic E-state index is -1.13. The van der Waals surface area contributed by atoms with Crippen LogP contribution in [0.25, 0.3) is 22.2 Å². The van der Waals surface area contributed by atoms with Crippen LogP contribution in [0, 0.1) is 17.8 Å². The molecule has 1 aromatic heterocycles. The summed E-state index contributed by atoms with van der Waals surface area (Å²) >= 11 is 18.2. The number of nitrogens with zero attached hydrogens (tertiary/aromatic N) is 2. The summed E-state index contributed by atoms with van der Waals surface area (Å²) in [5.74, 6) is -2.16. The first kappa shape index (κ1) is 31.0. The lowest BCUT2D eigenvalue weighted by Crippen LogP contribution is -2.31. The molecular weight excluding hydrogens is 635 g/mol. The number of alkyl halides is 1. The highest BCUT2D eigenvalue weighted by Crippen LogP contribution is 2.41. The normalized spacial score (nSPS) is 19.9. The van der Waals surface area contributed by atoms with E-state index in [0.29, 0.717) is 49.9 Å². The Kier molecular flexibility index (Phi) is 8.78. The van der Waals surface area contributed by atoms with Crippen LogP contribution in [-0.2, 0) is 14.3 Å². The van der Waals surface area contributed by atoms with Gasteiger partial charge in [-0.25, -0.2) is 9.78 Å². The Morgan fingerprint density at radius 2 is 1.67 bits per heavy atom. The number of hydrogen-bond acceptors (Lipinski definition) is 6. The molecular formula is C35H27Cl3N2O5. The third kappa shape index (κ3) is 6.00. The van der Waals surface area contributed by atoms with Crippen LogP contribution >= 0.6 is 34.8 Å². The standard InChI is InChI=1S/C35H27Cl3N2O5/c1-19-3-2-4-25-31(19)34(43)40(33(25)42)24-12-7-20(8-13-24)29-18-27(26-17-23(38)11-14-28(26)39-29)35(44)45-30(15-16-36)32(41)21-5-9-22(37)10-6-21/h2-3,5-14,17-19,25,30-31H,4,15-16H2,1H3. The molecule has 4 aromatic rings. The van der Waals surface area contributed by atoms with Gasteiger partial charge in [0.2, 0.25) is 17.6 Å². The molecule has 0 radical (unpaired) electrons. The first-order valence-electron chi connectivity index (χ1n) is 14.5. The summed E-state index contributed by atoms with van der Waals surface area (Å²) < 4.78 is 5.76. The molecule has 0 saturated carbocycles. The summed E-state index contributed by atoms with van der Waals surface area (Å²) in [6.45, 7) is 1.96. The Labute approximate surface area is 274 Å². The van der Waals surface area contributed by atoms with Gasteiger partial charge in [0.05, 0.1) is 34.3 Å². The van der Waals surface area contributed by atoms with Gasteiger partial charge in [0.25, 0.3) is 0 Å². The molecule has 2 aliphatic rings. The lowest BCUT2D eigenvalue weighted by atomic mass is 9.78. The summed E-state index contributed by atoms with van der Waals surface area (Å²) in [5.41, 5.74) is 2.57. The molecule has 45 heavy (non-hydrogen) atoms. The summed E-state index contributed by atoms with van der Waals surface area (Å²) in [6.07, 6.45) is 3.49. The molecule has 4 unspecified atom stereocenters. The highest BCUT2D eigenvalue weighted by molar-refractivity contribution is 6.31. The van der Waals surface area contributed by atoms with Crippen molar-refractivity contribution in [2.24, 2.45) is 17.8 Å². The zero-order valence-corrected chi connectivity index (χ0v) is 26.4. The maximum absolute atomic E-state index is 13.7. The number of halogens is 3. The number of amides is 2. The molecule has 3 aromatic carbocycles. The predicted molar refractivity (Wildman–Crippen MR) is 175 cm³/mol. The highest BCUT2D eigenvalue weighted by atomic mass is 35.5. The Balaban J connectivity index is 1.32. The van der Waals surface area contributed by atoms with Gasteiger partial charge in [-0.3, -0.25) is 19.3 Å². The van der Waals surface area contributed by atoms with E-state index in [2.05, 4.69) is 0 Å². The van der Waals surface area contributed by atoms with E-state index in [1.165, 1.54) is 4.90 Å². The van der Waals surface area contributed by atoms with Crippen LogP contribution in [0.3, 0.4) is 0 Å². The quantitative estimate of drug-likeness (QED) is 0.0626. The number of Topliss-reactive ketones (excluding diaryl/α,β-unsaturated/α-hetero) is 1. The first-order valence-corrected chi connectivity index (χ1v) is 15.8. The molecule has 1 saturated heterocycles. The third-order valence-corrected chi connectivity index (χ3v) is 9.03. The van der Waals surface area contributed by atoms with Crippen molar-refractivity contribution in [1.82, 2.24) is 4.98 Å². The first-order chi connectivity index (χ1) is 21.7. The molecule has 2 heterocycles. The number of ether oxygens (including phenoxy) is 1. The van der Waals surface area contributed by atoms with E-state index < -0.39 is 17.9 Å². The average Bonchev–Trinajstić information content (AvgIpc) is 3.30. The van der Waals surface area contributed by atoms with Crippen LogP contribution in [0.2, 0.25) is 10.0 Å². The van der Waals surface area contributed by atoms with Gasteiger partial charge in [-0.2, -0.15) is 0 Å². The second-order valence-electron chi connectivity index (χ2n) is 11.2. The number of pyridine rings is 1. The van der Waals surface area contributed by atoms with Crippen molar-refractivity contribution in [1.29, 1.82) is 0 Å². The molecule has 0 bridgehead atoms. The van der Waals surface area contributed by atoms with E-state index in [0.717, 1.165) is 0 Å². The van der Waals surface area contributed by atoms with Crippen molar-refractivity contribution in [3.63, 3.8) is 0 Å². The van der Waals surface area contributed by atoms with Crippen molar-refractivity contribution in [3.05, 3.63) is 106 Å². The van der Waals surface area contributed by atoms with Gasteiger partial charge in [0.1, 0.15) is 0 Å². The Morgan fingerprint density at radius 3 is 2.36 bits per heavy atom. The van der Waals surface area contributed by atoms with Crippen molar-refractivity contribution in [2.75, 3.05) is 10.8 Å². The van der Waals surface area contributed by atoms with E-state index in [1.54, 1.807) is 72.8 Å². The number of hydrogen-bond donors (Lipinski definition) is 0. The van der Waals surface area contributed by atoms with E-state index in [1.807, 2.05) is 19.1 Å². The van der Waals surface area contributed by atoms with E-state index in [4.69, 9.17) is 44.5 Å². The number of carbonyl (C=O) groups excluding carboxylic acids is 4. The number of allylic oxidation sites excluding steroid dienone is 2. The van der Waals surface area contributed by atoms with Crippen molar-refractivity contribution < 1.29 is 23.9 Å². The molecule has 1 aliphatic carbocycles. The molecule has 1 fully saturated rings. The number of aromatic nitrogens is 1. The van der Waals surface area contributed by atoms with Crippen molar-refractivity contribution in [3.8, 4) is 11.3 Å². The fourth-order valence-electron chi connectivity index (χ4n) is 6.03. The minimum absolute atomic E-state index is 0.0107. The summed E-state index contributed by atoms with van der Waals surface area (Å²) in [7, 11) is 0. The van der Waals surface area contributed by atoms with Gasteiger partial charge in [-0.15, -0.1) is 11.6 Å². The van der Waals surface area contributed by atoms with E-state index in [9.17, 15) is 19.2 Å². The molecule has 4 atom stereocenters. The summed E-state index contributed by atoms with van der Waals surface area (Å²) in [6, 6.07) is 19.8. The number of fused-ring (bicyclic) bond motifs is 2. The smallest absolute Gasteiger partial charge is 0.339 e. The zero-order valence-electron chi connectivity index (χ0n) is 24.1. The van der Waals surface area contributed by atoms with Crippen LogP contribution < -0.4 is 4.90 Å². The highest BCUT2D eigenvalue weighted by Gasteiger charge is 2.50. The molecule has 0 spiro atoms. The molecule has 2 amide bonds. The molecule has 228 valence electrons. The van der Waals surface area contributed by atoms with Crippen LogP contribution in [0.15, 0.2) is 84.9 Å². The fraction of sp³-hybridized carbons (Fsp3) is 0.229. The van der Waals surface area contributed by atoms with Gasteiger partial charge >= 0.3 is 5.97 Å². The molecule has 1 aliphatic heterocycles. The molecule has 6 rings (SSSR count). The second kappa shape index (κ2) is 12.8. The van der Waals surface area contributed by atoms with Gasteiger partial charge < -0.3 is 4.74 Å². The van der Waals surface area contributed by atoms with Gasteiger partial charge in [0.15, 0.2) is 6.10 Å². The lowest BCUT2D eigenvalue weighted by Gasteiger charge is -2.22. The van der Waals surface area contributed by atoms with Gasteiger partial charge in [-0.1, -0.05) is 54.4 Å². The largest absolute Gasteiger partial charge is 0.450 e. The fourth-order valence-corrected chi connectivity index (χ4v) is 6.53. The topological polar surface area (TPSA) is 93.6 Å². The molecule has 7 nitrogen and oxygen atoms in total. The number of carbonyl (C=O) groups is 4. The summed E-state index contributed by atoms with van der Waals surface area (Å²) in [4.78, 5) is 59.4. The monoisotopic (exact) mass is 660 g/mol. The Hall–Kier alpha value is -4.04. The van der Waals surface area contributed by atoms with E-state index >= 15 is 0 Å². The average molecular weight is 662 g/mol. The maximum Gasteiger partial charge on any atom is 0.339 e. The number of anilines is 1. The molecule has 0 N–H and O–H groups in total. The van der Waals surface area contributed by atoms with Crippen molar-refractivity contribution >= 4 is 75.0 Å². The maximum atomic E-state index is 13.7. The number of esters is 1. The molecule has 10 heteroatoms. The lowest BCUT2D eigenvalue weighted by molar-refractivity contribution is -0.122. The second-order valence-corrected chi connectivity index (χ2v) is 12.4. The van der Waals surface area contributed by atoms with Crippen LogP contribution in [-0.4, -0.2) is 40.5 Å². The van der Waals surface area contributed by atoms with Crippen LogP contribution in [0.5, 0.6) is 0 Å².